The van der Waals surface area contributed by atoms with Crippen LogP contribution in [0, 0.1) is 0 Å². The van der Waals surface area contributed by atoms with Crippen LogP contribution in [0.2, 0.25) is 0 Å². The fraction of sp³-hybridized carbons (Fsp3) is 0.308. The lowest BCUT2D eigenvalue weighted by Gasteiger charge is -2.46. The number of anilines is 1. The zero-order valence-electron chi connectivity index (χ0n) is 19.4. The highest BCUT2D eigenvalue weighted by Crippen LogP contribution is 2.36. The third-order valence-electron chi connectivity index (χ3n) is 6.71. The maximum absolute atomic E-state index is 13.4. The van der Waals surface area contributed by atoms with Crippen LogP contribution in [0.4, 0.5) is 5.69 Å². The van der Waals surface area contributed by atoms with Crippen molar-refractivity contribution in [1.29, 1.82) is 0 Å². The summed E-state index contributed by atoms with van der Waals surface area (Å²) in [5, 5.41) is 8.32. The maximum atomic E-state index is 13.4. The monoisotopic (exact) mass is 461 g/mol. The molecule has 176 valence electrons. The summed E-state index contributed by atoms with van der Waals surface area (Å²) in [6.45, 7) is 1.01. The number of likely N-dealkylation sites (tertiary alicyclic amines) is 1. The molecule has 1 fully saturated rings. The second kappa shape index (κ2) is 8.44. The Morgan fingerprint density at radius 3 is 2.35 bits per heavy atom. The molecule has 0 unspecified atom stereocenters. The number of amides is 2. The lowest BCUT2D eigenvalue weighted by Crippen LogP contribution is -2.62. The second-order valence-electron chi connectivity index (χ2n) is 8.60. The van der Waals surface area contributed by atoms with Gasteiger partial charge in [-0.3, -0.25) is 9.59 Å². The molecule has 3 aromatic rings. The van der Waals surface area contributed by atoms with E-state index in [-0.39, 0.29) is 11.8 Å². The fourth-order valence-corrected chi connectivity index (χ4v) is 4.84. The van der Waals surface area contributed by atoms with E-state index >= 15 is 0 Å². The second-order valence-corrected chi connectivity index (χ2v) is 8.60. The summed E-state index contributed by atoms with van der Waals surface area (Å²) in [6, 6.07) is 14.8. The Morgan fingerprint density at radius 1 is 0.882 bits per heavy atom. The van der Waals surface area contributed by atoms with E-state index in [0.29, 0.717) is 54.3 Å². The van der Waals surface area contributed by atoms with Crippen LogP contribution in [0.15, 0.2) is 48.5 Å². The van der Waals surface area contributed by atoms with Gasteiger partial charge in [-0.15, -0.1) is 0 Å². The molecule has 8 heteroatoms. The highest BCUT2D eigenvalue weighted by atomic mass is 16.5. The fourth-order valence-electron chi connectivity index (χ4n) is 4.84. The Kier molecular flexibility index (Phi) is 5.43. The first kappa shape index (κ1) is 21.9. The molecule has 0 saturated carbocycles. The summed E-state index contributed by atoms with van der Waals surface area (Å²) >= 11 is 0. The molecular weight excluding hydrogens is 434 g/mol. The molecule has 0 atom stereocenters. The van der Waals surface area contributed by atoms with Gasteiger partial charge in [0.05, 0.1) is 26.9 Å². The minimum atomic E-state index is -0.584. The molecule has 1 saturated heterocycles. The van der Waals surface area contributed by atoms with Gasteiger partial charge in [0.15, 0.2) is 0 Å². The number of carbonyl (C=O) groups is 2. The van der Waals surface area contributed by atoms with Crippen molar-refractivity contribution in [2.24, 2.45) is 0 Å². The zero-order chi connectivity index (χ0) is 23.9. The number of rotatable bonds is 4. The Balaban J connectivity index is 1.36. The molecule has 8 nitrogen and oxygen atoms in total. The van der Waals surface area contributed by atoms with Gasteiger partial charge < -0.3 is 29.7 Å². The molecule has 0 aliphatic carbocycles. The number of nitrogens with one attached hydrogen (secondary N) is 2. The highest BCUT2D eigenvalue weighted by Gasteiger charge is 2.41. The zero-order valence-corrected chi connectivity index (χ0v) is 19.4. The summed E-state index contributed by atoms with van der Waals surface area (Å²) < 4.78 is 16.3. The molecule has 2 aliphatic rings. The standard InChI is InChI=1S/C26H27N3O5/c1-32-17-7-8-21-20(15-17)24(30)28-26(27-21)9-11-29(12-10-26)25(31)16-13-19-18(23(14-16)34-3)5-4-6-22(19)33-2/h4-8,13-15,27H,9-12H2,1-3H3,(H,28,30). The number of methoxy groups -OCH3 is 3. The minimum absolute atomic E-state index is 0.0757. The van der Waals surface area contributed by atoms with E-state index in [4.69, 9.17) is 14.2 Å². The maximum Gasteiger partial charge on any atom is 0.255 e. The van der Waals surface area contributed by atoms with Crippen molar-refractivity contribution in [1.82, 2.24) is 10.2 Å². The molecular formula is C26H27N3O5. The predicted molar refractivity (Wildman–Crippen MR) is 129 cm³/mol. The molecule has 1 spiro atoms. The molecule has 2 heterocycles. The van der Waals surface area contributed by atoms with E-state index in [1.54, 1.807) is 33.5 Å². The molecule has 0 radical (unpaired) electrons. The quantitative estimate of drug-likeness (QED) is 0.617. The van der Waals surface area contributed by atoms with Crippen molar-refractivity contribution < 1.29 is 23.8 Å². The number of piperidine rings is 1. The number of ether oxygens (including phenoxy) is 3. The summed E-state index contributed by atoms with van der Waals surface area (Å²) in [5.41, 5.74) is 1.29. The first-order valence-electron chi connectivity index (χ1n) is 11.2. The van der Waals surface area contributed by atoms with Crippen LogP contribution in [-0.4, -0.2) is 56.8 Å². The van der Waals surface area contributed by atoms with Crippen molar-refractivity contribution >= 4 is 28.3 Å². The van der Waals surface area contributed by atoms with Gasteiger partial charge in [0, 0.05) is 48.0 Å². The number of hydrogen-bond donors (Lipinski definition) is 2. The van der Waals surface area contributed by atoms with Crippen LogP contribution in [0.1, 0.15) is 33.6 Å². The number of nitrogens with zero attached hydrogens (tertiary/aromatic N) is 1. The van der Waals surface area contributed by atoms with E-state index in [9.17, 15) is 9.59 Å². The van der Waals surface area contributed by atoms with Gasteiger partial charge >= 0.3 is 0 Å². The summed E-state index contributed by atoms with van der Waals surface area (Å²) in [6.07, 6.45) is 1.17. The predicted octanol–water partition coefficient (Wildman–Crippen LogP) is 3.65. The molecule has 0 aromatic heterocycles. The van der Waals surface area contributed by atoms with Gasteiger partial charge in [-0.25, -0.2) is 0 Å². The molecule has 0 bridgehead atoms. The van der Waals surface area contributed by atoms with Gasteiger partial charge in [-0.1, -0.05) is 12.1 Å². The Morgan fingerprint density at radius 2 is 1.65 bits per heavy atom. The third-order valence-corrected chi connectivity index (χ3v) is 6.71. The average molecular weight is 462 g/mol. The largest absolute Gasteiger partial charge is 0.497 e. The first-order valence-corrected chi connectivity index (χ1v) is 11.2. The van der Waals surface area contributed by atoms with Crippen LogP contribution in [-0.2, 0) is 0 Å². The van der Waals surface area contributed by atoms with Crippen LogP contribution < -0.4 is 24.8 Å². The van der Waals surface area contributed by atoms with Crippen molar-refractivity contribution in [3.05, 3.63) is 59.7 Å². The molecule has 2 N–H and O–H groups in total. The van der Waals surface area contributed by atoms with E-state index < -0.39 is 5.66 Å². The third kappa shape index (κ3) is 3.65. The van der Waals surface area contributed by atoms with Gasteiger partial charge in [-0.2, -0.15) is 0 Å². The lowest BCUT2D eigenvalue weighted by molar-refractivity contribution is 0.0639. The van der Waals surface area contributed by atoms with Crippen molar-refractivity contribution in [2.75, 3.05) is 39.7 Å². The summed E-state index contributed by atoms with van der Waals surface area (Å²) in [5.74, 6) is 1.73. The van der Waals surface area contributed by atoms with Crippen LogP contribution in [0.25, 0.3) is 10.8 Å². The number of hydrogen-bond acceptors (Lipinski definition) is 6. The number of carbonyl (C=O) groups excluding carboxylic acids is 2. The van der Waals surface area contributed by atoms with Crippen molar-refractivity contribution in [3.8, 4) is 17.2 Å². The van der Waals surface area contributed by atoms with Crippen LogP contribution in [0.3, 0.4) is 0 Å². The van der Waals surface area contributed by atoms with Crippen molar-refractivity contribution in [3.63, 3.8) is 0 Å². The van der Waals surface area contributed by atoms with Gasteiger partial charge in [0.1, 0.15) is 22.9 Å². The van der Waals surface area contributed by atoms with E-state index in [1.807, 2.05) is 41.3 Å². The van der Waals surface area contributed by atoms with Gasteiger partial charge in [0.2, 0.25) is 0 Å². The van der Waals surface area contributed by atoms with Crippen LogP contribution >= 0.6 is 0 Å². The Bertz CT molecular complexity index is 1280. The highest BCUT2D eigenvalue weighted by molar-refractivity contribution is 6.04. The number of benzene rings is 3. The topological polar surface area (TPSA) is 89.1 Å². The molecule has 34 heavy (non-hydrogen) atoms. The van der Waals surface area contributed by atoms with E-state index in [0.717, 1.165) is 16.5 Å². The van der Waals surface area contributed by atoms with E-state index in [2.05, 4.69) is 10.6 Å². The molecule has 3 aromatic carbocycles. The number of fused-ring (bicyclic) bond motifs is 2. The van der Waals surface area contributed by atoms with Crippen LogP contribution in [0.5, 0.6) is 17.2 Å². The summed E-state index contributed by atoms with van der Waals surface area (Å²) in [7, 11) is 4.78. The molecule has 2 amide bonds. The average Bonchev–Trinajstić information content (AvgIpc) is 2.87. The molecule has 2 aliphatic heterocycles. The van der Waals surface area contributed by atoms with E-state index in [1.165, 1.54) is 0 Å². The lowest BCUT2D eigenvalue weighted by atomic mass is 9.92. The Hall–Kier alpha value is -3.94. The normalized spacial score (nSPS) is 16.4. The Labute approximate surface area is 197 Å². The van der Waals surface area contributed by atoms with Gasteiger partial charge in [0.25, 0.3) is 11.8 Å². The SMILES string of the molecule is COc1ccc2c(c1)C(=O)NC1(CCN(C(=O)c3cc(OC)c4cccc(OC)c4c3)CC1)N2. The minimum Gasteiger partial charge on any atom is -0.497 e. The van der Waals surface area contributed by atoms with Crippen molar-refractivity contribution in [2.45, 2.75) is 18.5 Å². The summed E-state index contributed by atoms with van der Waals surface area (Å²) in [4.78, 5) is 28.0. The van der Waals surface area contributed by atoms with Gasteiger partial charge in [-0.05, 0) is 36.4 Å². The molecule has 5 rings (SSSR count). The first-order chi connectivity index (χ1) is 16.5. The smallest absolute Gasteiger partial charge is 0.255 e.